The second-order valence-corrected chi connectivity index (χ2v) is 2.67. The number of carbonyl (C=O) groups excluding carboxylic acids is 1. The maximum Gasteiger partial charge on any atom is 0.0669 e. The normalized spacial score (nSPS) is 9.46. The number of hydrogen-bond donors (Lipinski definition) is 0. The Bertz CT molecular complexity index is 167. The van der Waals surface area contributed by atoms with Crippen LogP contribution in [0.3, 0.4) is 0 Å². The number of hydrogen-bond acceptors (Lipinski definition) is 3. The molecule has 0 bridgehead atoms. The topological polar surface area (TPSA) is 43.4 Å². The lowest BCUT2D eigenvalue weighted by atomic mass is 10.2. The van der Waals surface area contributed by atoms with Crippen LogP contribution in [0.15, 0.2) is 12.2 Å². The number of carboxylic acids is 1. The van der Waals surface area contributed by atoms with Crippen LogP contribution >= 0.6 is 12.4 Å². The summed E-state index contributed by atoms with van der Waals surface area (Å²) in [5.74, 6) is -1.14. The van der Waals surface area contributed by atoms with Crippen molar-refractivity contribution in [3.8, 4) is 0 Å². The lowest BCUT2D eigenvalue weighted by Gasteiger charge is -2.18. The van der Waals surface area contributed by atoms with Crippen molar-refractivity contribution in [3.05, 3.63) is 12.2 Å². The van der Waals surface area contributed by atoms with Crippen LogP contribution in [0, 0.1) is 0 Å². The van der Waals surface area contributed by atoms with Crippen molar-refractivity contribution in [1.29, 1.82) is 0 Å². The molecule has 0 aliphatic heterocycles. The molecule has 78 valence electrons. The summed E-state index contributed by atoms with van der Waals surface area (Å²) in [5, 5.41) is 10.3. The second-order valence-electron chi connectivity index (χ2n) is 2.67. The first kappa shape index (κ1) is 15.0. The van der Waals surface area contributed by atoms with Gasteiger partial charge in [-0.2, -0.15) is 0 Å². The van der Waals surface area contributed by atoms with Gasteiger partial charge in [0.1, 0.15) is 0 Å². The molecule has 0 unspecified atom stereocenters. The molecule has 0 rings (SSSR count). The first-order valence-corrected chi connectivity index (χ1v) is 4.23. The maximum absolute atomic E-state index is 10.3. The summed E-state index contributed by atoms with van der Waals surface area (Å²) in [6.45, 7) is 10.1. The monoisotopic (exact) mass is 206 g/mol. The minimum atomic E-state index is -1.14. The highest BCUT2D eigenvalue weighted by atomic mass is 35.5. The average Bonchev–Trinajstić information content (AvgIpc) is 2.05. The number of aliphatic carboxylic acids is 1. The van der Waals surface area contributed by atoms with E-state index >= 15 is 0 Å². The molecular weight excluding hydrogens is 190 g/mol. The molecule has 0 spiro atoms. The summed E-state index contributed by atoms with van der Waals surface area (Å²) >= 11 is 0. The molecule has 4 heteroatoms. The van der Waals surface area contributed by atoms with Crippen molar-refractivity contribution in [2.24, 2.45) is 0 Å². The molecular formula is C9H17ClNO2-. The Morgan fingerprint density at radius 3 is 2.15 bits per heavy atom. The van der Waals surface area contributed by atoms with E-state index in [1.807, 2.05) is 13.8 Å². The quantitative estimate of drug-likeness (QED) is 0.593. The van der Waals surface area contributed by atoms with E-state index in [1.54, 1.807) is 0 Å². The lowest BCUT2D eigenvalue weighted by Crippen LogP contribution is -2.28. The molecule has 0 N–H and O–H groups in total. The molecule has 0 saturated carbocycles. The van der Waals surface area contributed by atoms with Gasteiger partial charge in [0.15, 0.2) is 0 Å². The molecule has 0 atom stereocenters. The Morgan fingerprint density at radius 2 is 1.85 bits per heavy atom. The highest BCUT2D eigenvalue weighted by Gasteiger charge is 2.00. The predicted molar refractivity (Wildman–Crippen MR) is 53.8 cm³/mol. The highest BCUT2D eigenvalue weighted by molar-refractivity contribution is 5.85. The summed E-state index contributed by atoms with van der Waals surface area (Å²) in [4.78, 5) is 12.4. The summed E-state index contributed by atoms with van der Waals surface area (Å²) in [6, 6.07) is 0. The molecule has 0 fully saturated rings. The zero-order valence-corrected chi connectivity index (χ0v) is 9.02. The van der Waals surface area contributed by atoms with E-state index in [1.165, 1.54) is 0 Å². The van der Waals surface area contributed by atoms with Crippen LogP contribution in [0.2, 0.25) is 0 Å². The SMILES string of the molecule is C=C(CCN(CC)CC)C(=O)[O-].Cl. The molecule has 0 aromatic heterocycles. The Labute approximate surface area is 85.8 Å². The van der Waals surface area contributed by atoms with Crippen molar-refractivity contribution in [1.82, 2.24) is 4.90 Å². The molecule has 3 nitrogen and oxygen atoms in total. The Hall–Kier alpha value is -0.540. The molecule has 0 aliphatic carbocycles. The third-order valence-corrected chi connectivity index (χ3v) is 1.91. The van der Waals surface area contributed by atoms with Gasteiger partial charge in [-0.1, -0.05) is 20.4 Å². The number of nitrogens with zero attached hydrogens (tertiary/aromatic N) is 1. The number of rotatable bonds is 6. The second kappa shape index (κ2) is 8.08. The fourth-order valence-electron chi connectivity index (χ4n) is 0.935. The van der Waals surface area contributed by atoms with Gasteiger partial charge in [0.25, 0.3) is 0 Å². The molecule has 0 saturated heterocycles. The summed E-state index contributed by atoms with van der Waals surface area (Å²) < 4.78 is 0. The fourth-order valence-corrected chi connectivity index (χ4v) is 0.935. The van der Waals surface area contributed by atoms with E-state index in [2.05, 4.69) is 11.5 Å². The Morgan fingerprint density at radius 1 is 1.38 bits per heavy atom. The zero-order valence-electron chi connectivity index (χ0n) is 8.21. The van der Waals surface area contributed by atoms with Gasteiger partial charge >= 0.3 is 0 Å². The fraction of sp³-hybridized carbons (Fsp3) is 0.667. The van der Waals surface area contributed by atoms with Crippen LogP contribution in [-0.4, -0.2) is 30.5 Å². The van der Waals surface area contributed by atoms with Gasteiger partial charge < -0.3 is 14.8 Å². The predicted octanol–water partition coefficient (Wildman–Crippen LogP) is 0.446. The van der Waals surface area contributed by atoms with Crippen LogP contribution in [0.4, 0.5) is 0 Å². The zero-order chi connectivity index (χ0) is 9.56. The number of carboxylic acid groups (broad SMARTS) is 1. The van der Waals surface area contributed by atoms with Crippen molar-refractivity contribution in [3.63, 3.8) is 0 Å². The van der Waals surface area contributed by atoms with Crippen LogP contribution in [0.5, 0.6) is 0 Å². The van der Waals surface area contributed by atoms with Gasteiger partial charge in [0, 0.05) is 6.54 Å². The molecule has 0 radical (unpaired) electrons. The third-order valence-electron chi connectivity index (χ3n) is 1.91. The van der Waals surface area contributed by atoms with Crippen molar-refractivity contribution in [2.75, 3.05) is 19.6 Å². The molecule has 0 aromatic rings. The third kappa shape index (κ3) is 6.61. The molecule has 0 amide bonds. The summed E-state index contributed by atoms with van der Waals surface area (Å²) in [6.07, 6.45) is 0.490. The highest BCUT2D eigenvalue weighted by Crippen LogP contribution is 1.98. The van der Waals surface area contributed by atoms with E-state index in [9.17, 15) is 9.90 Å². The van der Waals surface area contributed by atoms with Gasteiger partial charge in [-0.15, -0.1) is 12.4 Å². The van der Waals surface area contributed by atoms with Gasteiger partial charge in [0.2, 0.25) is 0 Å². The number of halogens is 1. The van der Waals surface area contributed by atoms with Crippen molar-refractivity contribution < 1.29 is 9.90 Å². The minimum Gasteiger partial charge on any atom is -0.545 e. The van der Waals surface area contributed by atoms with Gasteiger partial charge in [-0.25, -0.2) is 0 Å². The van der Waals surface area contributed by atoms with Gasteiger partial charge in [-0.3, -0.25) is 0 Å². The molecule has 0 aliphatic rings. The van der Waals surface area contributed by atoms with Crippen molar-refractivity contribution >= 4 is 18.4 Å². The van der Waals surface area contributed by atoms with Crippen molar-refractivity contribution in [2.45, 2.75) is 20.3 Å². The maximum atomic E-state index is 10.3. The molecule has 0 heterocycles. The smallest absolute Gasteiger partial charge is 0.0669 e. The largest absolute Gasteiger partial charge is 0.545 e. The Kier molecular flexibility index (Phi) is 9.29. The molecule has 0 aromatic carbocycles. The van der Waals surface area contributed by atoms with Crippen LogP contribution in [-0.2, 0) is 4.79 Å². The van der Waals surface area contributed by atoms with Crippen LogP contribution in [0.25, 0.3) is 0 Å². The van der Waals surface area contributed by atoms with Crippen LogP contribution < -0.4 is 5.11 Å². The van der Waals surface area contributed by atoms with Crippen LogP contribution in [0.1, 0.15) is 20.3 Å². The van der Waals surface area contributed by atoms with E-state index < -0.39 is 5.97 Å². The van der Waals surface area contributed by atoms with Gasteiger partial charge in [-0.05, 0) is 25.1 Å². The van der Waals surface area contributed by atoms with Gasteiger partial charge in [0.05, 0.1) is 5.97 Å². The minimum absolute atomic E-state index is 0. The van der Waals surface area contributed by atoms with E-state index in [0.717, 1.165) is 19.6 Å². The average molecular weight is 207 g/mol. The van der Waals surface area contributed by atoms with E-state index in [4.69, 9.17) is 0 Å². The van der Waals surface area contributed by atoms with E-state index in [-0.39, 0.29) is 18.0 Å². The van der Waals surface area contributed by atoms with E-state index in [0.29, 0.717) is 6.42 Å². The standard InChI is InChI=1S/C9H17NO2.ClH/c1-4-10(5-2)7-6-8(3)9(11)12;/h3-7H2,1-2H3,(H,11,12);1H/p-1. The Balaban J connectivity index is 0. The number of carbonyl (C=O) groups is 1. The lowest BCUT2D eigenvalue weighted by molar-refractivity contribution is -0.299. The first-order valence-electron chi connectivity index (χ1n) is 4.23. The summed E-state index contributed by atoms with van der Waals surface area (Å²) in [7, 11) is 0. The first-order chi connectivity index (χ1) is 5.61. The molecule has 13 heavy (non-hydrogen) atoms. The summed E-state index contributed by atoms with van der Waals surface area (Å²) in [5.41, 5.74) is 0.182.